The summed E-state index contributed by atoms with van der Waals surface area (Å²) in [5, 5.41) is 2.07. The van der Waals surface area contributed by atoms with Gasteiger partial charge >= 0.3 is 0 Å². The molecule has 1 heterocycles. The Hall–Kier alpha value is -1.98. The normalized spacial score (nSPS) is 28.7. The Kier molecular flexibility index (Phi) is 5.53. The van der Waals surface area contributed by atoms with Crippen LogP contribution < -0.4 is 10.4 Å². The van der Waals surface area contributed by atoms with E-state index in [1.165, 1.54) is 12.8 Å². The van der Waals surface area contributed by atoms with Gasteiger partial charge in [-0.3, -0.25) is 14.1 Å². The van der Waals surface area contributed by atoms with E-state index in [1.807, 2.05) is 36.4 Å². The van der Waals surface area contributed by atoms with Gasteiger partial charge in [0.2, 0.25) is 0 Å². The highest BCUT2D eigenvalue weighted by molar-refractivity contribution is 7.97. The van der Waals surface area contributed by atoms with Crippen LogP contribution in [0.15, 0.2) is 60.7 Å². The van der Waals surface area contributed by atoms with Gasteiger partial charge in [0.1, 0.15) is 6.04 Å². The van der Waals surface area contributed by atoms with Gasteiger partial charge in [0.15, 0.2) is 0 Å². The van der Waals surface area contributed by atoms with Crippen molar-refractivity contribution in [2.24, 2.45) is 22.7 Å². The van der Waals surface area contributed by atoms with E-state index in [9.17, 15) is 4.79 Å². The summed E-state index contributed by atoms with van der Waals surface area (Å²) in [4.78, 5) is 14.0. The number of nitrogens with zero attached hydrogens (tertiary/aromatic N) is 2. The smallest absolute Gasteiger partial charge is 0.251 e. The van der Waals surface area contributed by atoms with Crippen LogP contribution in [0, 0.1) is 22.7 Å². The highest BCUT2D eigenvalue weighted by Crippen LogP contribution is 2.71. The second kappa shape index (κ2) is 8.11. The first-order valence-corrected chi connectivity index (χ1v) is 12.9. The fraction of sp³-hybridized carbons (Fsp3) is 0.519. The summed E-state index contributed by atoms with van der Waals surface area (Å²) in [5.74, 6) is 2.23. The molecular formula is C27H35N3OS. The molecule has 2 aliphatic carbocycles. The summed E-state index contributed by atoms with van der Waals surface area (Å²) in [6.45, 7) is 9.18. The lowest BCUT2D eigenvalue weighted by Crippen LogP contribution is -2.55. The minimum atomic E-state index is -0.291. The molecule has 1 aliphatic heterocycles. The van der Waals surface area contributed by atoms with Crippen molar-refractivity contribution in [1.29, 1.82) is 0 Å². The maximum atomic E-state index is 14.0. The number of amides is 1. The van der Waals surface area contributed by atoms with Crippen molar-refractivity contribution in [1.82, 2.24) is 9.73 Å². The molecule has 3 fully saturated rings. The molecule has 0 unspecified atom stereocenters. The van der Waals surface area contributed by atoms with E-state index in [0.29, 0.717) is 11.5 Å². The zero-order valence-electron chi connectivity index (χ0n) is 19.6. The van der Waals surface area contributed by atoms with Crippen LogP contribution in [0.4, 0.5) is 11.4 Å². The second-order valence-electron chi connectivity index (χ2n) is 10.7. The average Bonchev–Trinajstić information content (AvgIpc) is 3.38. The fourth-order valence-electron chi connectivity index (χ4n) is 6.41. The predicted octanol–water partition coefficient (Wildman–Crippen LogP) is 6.04. The van der Waals surface area contributed by atoms with E-state index in [1.54, 1.807) is 11.9 Å². The van der Waals surface area contributed by atoms with Gasteiger partial charge in [0, 0.05) is 11.2 Å². The van der Waals surface area contributed by atoms with Crippen molar-refractivity contribution < 1.29 is 4.79 Å². The Balaban J connectivity index is 1.43. The lowest BCUT2D eigenvalue weighted by Gasteiger charge is -2.39. The molecular weight excluding hydrogens is 414 g/mol. The molecule has 3 aliphatic rings. The number of hydrogen-bond acceptors (Lipinski definition) is 4. The van der Waals surface area contributed by atoms with Gasteiger partial charge in [0.05, 0.1) is 17.4 Å². The van der Waals surface area contributed by atoms with Gasteiger partial charge in [-0.25, -0.2) is 5.43 Å². The topological polar surface area (TPSA) is 35.6 Å². The first kappa shape index (κ1) is 21.8. The number of anilines is 2. The molecule has 2 aromatic carbocycles. The van der Waals surface area contributed by atoms with Crippen molar-refractivity contribution in [3.63, 3.8) is 0 Å². The van der Waals surface area contributed by atoms with E-state index in [4.69, 9.17) is 0 Å². The number of nitrogens with one attached hydrogen (secondary N) is 1. The number of benzene rings is 2. The quantitative estimate of drug-likeness (QED) is 0.431. The molecule has 4 atom stereocenters. The first-order valence-electron chi connectivity index (χ1n) is 12.0. The predicted molar refractivity (Wildman–Crippen MR) is 133 cm³/mol. The lowest BCUT2D eigenvalue weighted by molar-refractivity contribution is -0.132. The number of para-hydroxylation sites is 2. The number of fused-ring (bicyclic) bond motifs is 1. The van der Waals surface area contributed by atoms with Crippen molar-refractivity contribution in [3.05, 3.63) is 60.7 Å². The van der Waals surface area contributed by atoms with Gasteiger partial charge < -0.3 is 0 Å². The molecule has 0 radical (unpaired) electrons. The van der Waals surface area contributed by atoms with Crippen molar-refractivity contribution in [2.75, 3.05) is 10.8 Å². The number of hydrogen-bond donors (Lipinski definition) is 1. The molecule has 0 aromatic heterocycles. The molecule has 5 rings (SSSR count). The summed E-state index contributed by atoms with van der Waals surface area (Å²) in [6.07, 6.45) is 3.76. The van der Waals surface area contributed by atoms with Crippen molar-refractivity contribution in [2.45, 2.75) is 59.0 Å². The van der Waals surface area contributed by atoms with Gasteiger partial charge in [-0.1, -0.05) is 64.1 Å². The molecule has 1 amide bonds. The van der Waals surface area contributed by atoms with Crippen molar-refractivity contribution >= 4 is 29.2 Å². The van der Waals surface area contributed by atoms with Crippen LogP contribution in [-0.4, -0.2) is 28.0 Å². The van der Waals surface area contributed by atoms with Gasteiger partial charge in [0.25, 0.3) is 5.91 Å². The molecule has 5 heteroatoms. The highest BCUT2D eigenvalue weighted by Gasteiger charge is 2.68. The Bertz CT molecular complexity index is 924. The Morgan fingerprint density at radius 2 is 1.66 bits per heavy atom. The zero-order chi connectivity index (χ0) is 22.5. The maximum absolute atomic E-state index is 14.0. The highest BCUT2D eigenvalue weighted by atomic mass is 32.2. The van der Waals surface area contributed by atoms with E-state index in [0.717, 1.165) is 29.5 Å². The zero-order valence-corrected chi connectivity index (χ0v) is 20.4. The molecule has 4 nitrogen and oxygen atoms in total. The summed E-state index contributed by atoms with van der Waals surface area (Å²) < 4.78 is 2.17. The average molecular weight is 450 g/mol. The standard InChI is InChI=1S/C27H35N3OS/c1-19(2)24(28-29(21-11-7-5-8-12-21)22-13-9-6-10-14-22)25(31)30-23-17-20-15-16-27(23,18-32-30)26(20,3)4/h5-14,19-20,23-24,28H,15-18H2,1-4H3/t20-,23-,24+,27-/m0/s1. The molecule has 32 heavy (non-hydrogen) atoms. The SMILES string of the molecule is CC(C)[C@@H](NN(c1ccccc1)c1ccccc1)C(=O)N1SC[C@@]23CC[C@@H](C[C@H]12)C3(C)C. The number of rotatable bonds is 6. The molecule has 1 spiro atoms. The fourth-order valence-corrected chi connectivity index (χ4v) is 8.20. The minimum absolute atomic E-state index is 0.168. The molecule has 2 saturated carbocycles. The van der Waals surface area contributed by atoms with E-state index in [-0.39, 0.29) is 23.3 Å². The molecule has 1 saturated heterocycles. The van der Waals surface area contributed by atoms with E-state index < -0.39 is 0 Å². The third-order valence-electron chi connectivity index (χ3n) is 8.58. The summed E-state index contributed by atoms with van der Waals surface area (Å²) in [5.41, 5.74) is 6.32. The number of carbonyl (C=O) groups is 1. The maximum Gasteiger partial charge on any atom is 0.251 e. The lowest BCUT2D eigenvalue weighted by atomic mass is 9.69. The van der Waals surface area contributed by atoms with Crippen LogP contribution in [0.5, 0.6) is 0 Å². The Morgan fingerprint density at radius 1 is 1.06 bits per heavy atom. The van der Waals surface area contributed by atoms with Gasteiger partial charge in [-0.2, -0.15) is 0 Å². The Morgan fingerprint density at radius 3 is 2.19 bits per heavy atom. The minimum Gasteiger partial charge on any atom is -0.281 e. The van der Waals surface area contributed by atoms with Crippen LogP contribution in [0.3, 0.4) is 0 Å². The van der Waals surface area contributed by atoms with Crippen LogP contribution in [0.1, 0.15) is 47.0 Å². The second-order valence-corrected chi connectivity index (χ2v) is 11.6. The van der Waals surface area contributed by atoms with E-state index in [2.05, 4.69) is 66.7 Å². The molecule has 170 valence electrons. The molecule has 2 bridgehead atoms. The Labute approximate surface area is 196 Å². The van der Waals surface area contributed by atoms with Crippen LogP contribution in [0.2, 0.25) is 0 Å². The van der Waals surface area contributed by atoms with Crippen LogP contribution >= 0.6 is 11.9 Å². The third kappa shape index (κ3) is 3.28. The van der Waals surface area contributed by atoms with Crippen LogP contribution in [-0.2, 0) is 4.79 Å². The number of hydrazine groups is 1. The largest absolute Gasteiger partial charge is 0.281 e. The first-order chi connectivity index (χ1) is 15.3. The summed E-state index contributed by atoms with van der Waals surface area (Å²) >= 11 is 1.78. The van der Waals surface area contributed by atoms with E-state index >= 15 is 0 Å². The van der Waals surface area contributed by atoms with Crippen molar-refractivity contribution in [3.8, 4) is 0 Å². The van der Waals surface area contributed by atoms with Crippen LogP contribution in [0.25, 0.3) is 0 Å². The monoisotopic (exact) mass is 449 g/mol. The summed E-state index contributed by atoms with van der Waals surface area (Å²) in [6, 6.07) is 20.6. The molecule has 1 N–H and O–H groups in total. The summed E-state index contributed by atoms with van der Waals surface area (Å²) in [7, 11) is 0. The molecule has 2 aromatic rings. The van der Waals surface area contributed by atoms with Gasteiger partial charge in [-0.15, -0.1) is 0 Å². The van der Waals surface area contributed by atoms with Gasteiger partial charge in [-0.05, 0) is 72.7 Å². The number of carbonyl (C=O) groups excluding carboxylic acids is 1. The third-order valence-corrected chi connectivity index (χ3v) is 9.94.